The first kappa shape index (κ1) is 18.0. The molecule has 0 spiro atoms. The zero-order valence-electron chi connectivity index (χ0n) is 11.7. The Morgan fingerprint density at radius 3 is 2.65 bits per heavy atom. The van der Waals surface area contributed by atoms with Crippen LogP contribution in [0.1, 0.15) is 26.0 Å². The van der Waals surface area contributed by atoms with Crippen molar-refractivity contribution in [2.24, 2.45) is 0 Å². The first-order valence-electron chi connectivity index (χ1n) is 6.23. The Bertz CT molecular complexity index is 532. The first-order chi connectivity index (χ1) is 9.38. The van der Waals surface area contributed by atoms with E-state index < -0.39 is 10.0 Å². The molecule has 1 aromatic heterocycles. The molecule has 116 valence electrons. The van der Waals surface area contributed by atoms with Crippen molar-refractivity contribution in [3.05, 3.63) is 16.5 Å². The third kappa shape index (κ3) is 3.98. The molecule has 0 aliphatic rings. The van der Waals surface area contributed by atoms with E-state index in [2.05, 4.69) is 15.9 Å². The smallest absolute Gasteiger partial charge is 0.247 e. The molecule has 20 heavy (non-hydrogen) atoms. The lowest BCUT2D eigenvalue weighted by molar-refractivity contribution is 0.167. The van der Waals surface area contributed by atoms with E-state index in [1.165, 1.54) is 10.4 Å². The fourth-order valence-corrected chi connectivity index (χ4v) is 4.51. The summed E-state index contributed by atoms with van der Waals surface area (Å²) in [4.78, 5) is 0.101. The van der Waals surface area contributed by atoms with Gasteiger partial charge >= 0.3 is 0 Å². The Morgan fingerprint density at radius 1 is 1.55 bits per heavy atom. The second-order valence-electron chi connectivity index (χ2n) is 4.35. The summed E-state index contributed by atoms with van der Waals surface area (Å²) in [7, 11) is -2.11. The summed E-state index contributed by atoms with van der Waals surface area (Å²) in [5.74, 6) is 0.531. The molecule has 1 unspecified atom stereocenters. The number of hydrogen-bond donors (Lipinski definition) is 0. The summed E-state index contributed by atoms with van der Waals surface area (Å²) in [6, 6.07) is 1.32. The van der Waals surface area contributed by atoms with Crippen molar-refractivity contribution in [1.82, 2.24) is 4.31 Å². The molecule has 0 aliphatic carbocycles. The van der Waals surface area contributed by atoms with Crippen molar-refractivity contribution in [2.45, 2.75) is 37.1 Å². The van der Waals surface area contributed by atoms with Crippen LogP contribution in [0.2, 0.25) is 0 Å². The van der Waals surface area contributed by atoms with Gasteiger partial charge in [0.25, 0.3) is 0 Å². The average Bonchev–Trinajstić information content (AvgIpc) is 2.80. The zero-order valence-corrected chi connectivity index (χ0v) is 14.9. The van der Waals surface area contributed by atoms with Crippen molar-refractivity contribution in [3.63, 3.8) is 0 Å². The van der Waals surface area contributed by atoms with Gasteiger partial charge in [-0.05, 0) is 29.3 Å². The Hall–Kier alpha value is -0.0800. The third-order valence-electron chi connectivity index (χ3n) is 3.02. The van der Waals surface area contributed by atoms with E-state index in [9.17, 15) is 8.42 Å². The largest absolute Gasteiger partial charge is 0.452 e. The van der Waals surface area contributed by atoms with Gasteiger partial charge < -0.3 is 9.15 Å². The minimum absolute atomic E-state index is 0.101. The van der Waals surface area contributed by atoms with Gasteiger partial charge in [-0.15, -0.1) is 11.6 Å². The highest BCUT2D eigenvalue weighted by molar-refractivity contribution is 9.10. The van der Waals surface area contributed by atoms with E-state index >= 15 is 0 Å². The first-order valence-corrected chi connectivity index (χ1v) is 9.00. The topological polar surface area (TPSA) is 59.8 Å². The van der Waals surface area contributed by atoms with E-state index in [0.29, 0.717) is 25.3 Å². The summed E-state index contributed by atoms with van der Waals surface area (Å²) in [5, 5.41) is 0. The number of rotatable bonds is 8. The van der Waals surface area contributed by atoms with Crippen LogP contribution in [0.4, 0.5) is 0 Å². The molecule has 0 aliphatic heterocycles. The maximum Gasteiger partial charge on any atom is 0.247 e. The summed E-state index contributed by atoms with van der Waals surface area (Å²) in [5.41, 5.74) is 0. The number of furan rings is 1. The van der Waals surface area contributed by atoms with Crippen LogP contribution in [0.25, 0.3) is 0 Å². The minimum Gasteiger partial charge on any atom is -0.452 e. The molecular weight excluding hydrogens is 370 g/mol. The lowest BCUT2D eigenvalue weighted by Gasteiger charge is -2.26. The number of sulfonamides is 1. The molecule has 0 fully saturated rings. The molecule has 8 heteroatoms. The number of alkyl halides is 1. The molecule has 1 heterocycles. The third-order valence-corrected chi connectivity index (χ3v) is 6.16. The fraction of sp³-hybridized carbons (Fsp3) is 0.667. The summed E-state index contributed by atoms with van der Waals surface area (Å²) >= 11 is 8.81. The second kappa shape index (κ2) is 7.79. The Labute approximate surface area is 133 Å². The van der Waals surface area contributed by atoms with Gasteiger partial charge in [0.2, 0.25) is 10.0 Å². The highest BCUT2D eigenvalue weighted by Crippen LogP contribution is 2.30. The van der Waals surface area contributed by atoms with Crippen LogP contribution in [0, 0.1) is 0 Å². The molecule has 1 rings (SSSR count). The molecule has 0 aromatic carbocycles. The molecule has 0 N–H and O–H groups in total. The predicted molar refractivity (Wildman–Crippen MR) is 81.5 cm³/mol. The standard InChI is InChI=1S/C12H19BrClNO4S/c1-4-9(2)15(5-6-18-3)20(16,17)11-7-10(8-14)19-12(11)13/h7,9H,4-6,8H2,1-3H3. The molecule has 0 radical (unpaired) electrons. The van der Waals surface area contributed by atoms with E-state index in [4.69, 9.17) is 20.8 Å². The molecule has 0 saturated carbocycles. The van der Waals surface area contributed by atoms with Crippen LogP contribution in [0.5, 0.6) is 0 Å². The molecular formula is C12H19BrClNO4S. The number of methoxy groups -OCH3 is 1. The van der Waals surface area contributed by atoms with Crippen LogP contribution >= 0.6 is 27.5 Å². The summed E-state index contributed by atoms with van der Waals surface area (Å²) in [6.07, 6.45) is 0.709. The van der Waals surface area contributed by atoms with Gasteiger partial charge in [0, 0.05) is 25.8 Å². The van der Waals surface area contributed by atoms with E-state index in [1.807, 2.05) is 13.8 Å². The molecule has 0 amide bonds. The van der Waals surface area contributed by atoms with Crippen LogP contribution in [-0.2, 0) is 20.6 Å². The van der Waals surface area contributed by atoms with Gasteiger partial charge in [-0.2, -0.15) is 4.31 Å². The molecule has 1 aromatic rings. The van der Waals surface area contributed by atoms with Crippen molar-refractivity contribution in [2.75, 3.05) is 20.3 Å². The average molecular weight is 389 g/mol. The maximum atomic E-state index is 12.7. The van der Waals surface area contributed by atoms with Gasteiger partial charge in [0.1, 0.15) is 10.7 Å². The van der Waals surface area contributed by atoms with Crippen molar-refractivity contribution in [3.8, 4) is 0 Å². The van der Waals surface area contributed by atoms with Gasteiger partial charge in [-0.25, -0.2) is 8.42 Å². The summed E-state index contributed by atoms with van der Waals surface area (Å²) < 4.78 is 37.3. The quantitative estimate of drug-likeness (QED) is 0.642. The number of nitrogens with zero attached hydrogens (tertiary/aromatic N) is 1. The fourth-order valence-electron chi connectivity index (χ4n) is 1.73. The zero-order chi connectivity index (χ0) is 15.3. The maximum absolute atomic E-state index is 12.7. The predicted octanol–water partition coefficient (Wildman–Crippen LogP) is 3.22. The van der Waals surface area contributed by atoms with Crippen LogP contribution in [0.3, 0.4) is 0 Å². The molecule has 0 bridgehead atoms. The number of halogens is 2. The van der Waals surface area contributed by atoms with E-state index in [1.54, 1.807) is 7.11 Å². The van der Waals surface area contributed by atoms with Crippen molar-refractivity contribution in [1.29, 1.82) is 0 Å². The monoisotopic (exact) mass is 387 g/mol. The van der Waals surface area contributed by atoms with Crippen molar-refractivity contribution < 1.29 is 17.6 Å². The van der Waals surface area contributed by atoms with Crippen LogP contribution < -0.4 is 0 Å². The molecule has 0 saturated heterocycles. The van der Waals surface area contributed by atoms with Gasteiger partial charge in [-0.1, -0.05) is 6.92 Å². The SMILES string of the molecule is CCC(C)N(CCOC)S(=O)(=O)c1cc(CCl)oc1Br. The minimum atomic E-state index is -3.65. The molecule has 1 atom stereocenters. The Kier molecular flexibility index (Phi) is 7.00. The number of ether oxygens (including phenoxy) is 1. The Morgan fingerprint density at radius 2 is 2.20 bits per heavy atom. The second-order valence-corrected chi connectivity index (χ2v) is 7.20. The van der Waals surface area contributed by atoms with Crippen molar-refractivity contribution >= 4 is 37.6 Å². The van der Waals surface area contributed by atoms with E-state index in [0.717, 1.165) is 0 Å². The lowest BCUT2D eigenvalue weighted by atomic mass is 10.3. The highest BCUT2D eigenvalue weighted by atomic mass is 79.9. The van der Waals surface area contributed by atoms with Gasteiger partial charge in [-0.3, -0.25) is 0 Å². The number of hydrogen-bond acceptors (Lipinski definition) is 4. The summed E-state index contributed by atoms with van der Waals surface area (Å²) in [6.45, 7) is 4.43. The van der Waals surface area contributed by atoms with E-state index in [-0.39, 0.29) is 21.5 Å². The van der Waals surface area contributed by atoms with Crippen LogP contribution in [0.15, 0.2) is 20.0 Å². The normalized spacial score (nSPS) is 13.9. The highest BCUT2D eigenvalue weighted by Gasteiger charge is 2.32. The Balaban J connectivity index is 3.17. The van der Waals surface area contributed by atoms with Gasteiger partial charge in [0.05, 0.1) is 12.5 Å². The lowest BCUT2D eigenvalue weighted by Crippen LogP contribution is -2.40. The van der Waals surface area contributed by atoms with Gasteiger partial charge in [0.15, 0.2) is 4.67 Å². The molecule has 5 nitrogen and oxygen atoms in total. The van der Waals surface area contributed by atoms with Crippen LogP contribution in [-0.4, -0.2) is 39.0 Å².